The molecule has 0 aliphatic carbocycles. The second kappa shape index (κ2) is 8.91. The number of anilines is 1. The van der Waals surface area contributed by atoms with Crippen molar-refractivity contribution in [2.75, 3.05) is 5.32 Å². The number of thiazole rings is 1. The molecule has 0 saturated heterocycles. The first-order chi connectivity index (χ1) is 14.8. The van der Waals surface area contributed by atoms with Crippen molar-refractivity contribution < 1.29 is 13.2 Å². The topological polar surface area (TPSA) is 104 Å². The summed E-state index contributed by atoms with van der Waals surface area (Å²) in [5, 5.41) is 5.91. The van der Waals surface area contributed by atoms with Crippen molar-refractivity contribution in [1.29, 1.82) is 0 Å². The number of nitrogens with one attached hydrogen (secondary N) is 3. The molecule has 2 aromatic carbocycles. The van der Waals surface area contributed by atoms with Crippen molar-refractivity contribution in [3.05, 3.63) is 75.8 Å². The first kappa shape index (κ1) is 21.7. The number of amides is 1. The number of fused-ring (bicyclic) bond motifs is 1. The molecule has 4 aromatic rings. The Morgan fingerprint density at radius 1 is 1.19 bits per heavy atom. The summed E-state index contributed by atoms with van der Waals surface area (Å²) in [6.07, 6.45) is 1.97. The number of halogens is 1. The monoisotopic (exact) mass is 518 g/mol. The van der Waals surface area contributed by atoms with Crippen molar-refractivity contribution in [1.82, 2.24) is 14.7 Å². The normalized spacial score (nSPS) is 12.7. The van der Waals surface area contributed by atoms with Crippen LogP contribution in [0.5, 0.6) is 0 Å². The Balaban J connectivity index is 1.64. The molecule has 0 aliphatic heterocycles. The lowest BCUT2D eigenvalue weighted by molar-refractivity contribution is -0.117. The number of hydrogen-bond acceptors (Lipinski definition) is 5. The van der Waals surface area contributed by atoms with E-state index in [1.54, 1.807) is 18.3 Å². The average molecular weight is 519 g/mol. The molecule has 3 N–H and O–H groups in total. The Labute approximate surface area is 192 Å². The lowest BCUT2D eigenvalue weighted by atomic mass is 10.1. The van der Waals surface area contributed by atoms with Crippen LogP contribution in [0, 0.1) is 6.92 Å². The van der Waals surface area contributed by atoms with E-state index in [1.165, 1.54) is 23.5 Å². The maximum atomic E-state index is 13.1. The maximum absolute atomic E-state index is 13.1. The van der Waals surface area contributed by atoms with E-state index in [-0.39, 0.29) is 11.3 Å². The van der Waals surface area contributed by atoms with Gasteiger partial charge in [0.25, 0.3) is 0 Å². The minimum atomic E-state index is -3.92. The number of aryl methyl sites for hydroxylation is 1. The van der Waals surface area contributed by atoms with Crippen LogP contribution in [0.3, 0.4) is 0 Å². The summed E-state index contributed by atoms with van der Waals surface area (Å²) in [7, 11) is -3.92. The number of hydrogen-bond donors (Lipinski definition) is 3. The van der Waals surface area contributed by atoms with Crippen molar-refractivity contribution in [3.8, 4) is 0 Å². The summed E-state index contributed by atoms with van der Waals surface area (Å²) in [6, 6.07) is 12.9. The Kier molecular flexibility index (Phi) is 6.24. The number of nitrogens with zero attached hydrogens (tertiary/aromatic N) is 1. The highest BCUT2D eigenvalue weighted by Crippen LogP contribution is 2.22. The molecule has 7 nitrogen and oxygen atoms in total. The Bertz CT molecular complexity index is 1330. The van der Waals surface area contributed by atoms with E-state index in [9.17, 15) is 13.2 Å². The van der Waals surface area contributed by atoms with Crippen molar-refractivity contribution in [2.24, 2.45) is 0 Å². The third-order valence-corrected chi connectivity index (χ3v) is 7.58. The van der Waals surface area contributed by atoms with Gasteiger partial charge in [-0.1, -0.05) is 34.1 Å². The highest BCUT2D eigenvalue weighted by atomic mass is 79.9. The number of benzene rings is 2. The van der Waals surface area contributed by atoms with Crippen LogP contribution in [0.1, 0.15) is 11.3 Å². The molecule has 0 aliphatic rings. The van der Waals surface area contributed by atoms with Crippen LogP contribution >= 0.6 is 27.3 Å². The summed E-state index contributed by atoms with van der Waals surface area (Å²) < 4.78 is 29.3. The first-order valence-electron chi connectivity index (χ1n) is 9.38. The summed E-state index contributed by atoms with van der Waals surface area (Å²) in [5.74, 6) is -0.472. The summed E-state index contributed by atoms with van der Waals surface area (Å²) >= 11 is 4.59. The SMILES string of the molecule is Cc1csc(NC(=O)[C@H](Cc2c[nH]c3ccccc23)NS(=O)(=O)c2ccc(Br)cc2)n1. The van der Waals surface area contributed by atoms with Crippen LogP contribution in [0.4, 0.5) is 5.13 Å². The molecule has 1 atom stereocenters. The maximum Gasteiger partial charge on any atom is 0.244 e. The zero-order valence-corrected chi connectivity index (χ0v) is 19.6. The van der Waals surface area contributed by atoms with Crippen molar-refractivity contribution in [2.45, 2.75) is 24.3 Å². The van der Waals surface area contributed by atoms with Crippen LogP contribution in [-0.2, 0) is 21.2 Å². The molecule has 10 heteroatoms. The predicted molar refractivity (Wildman–Crippen MR) is 126 cm³/mol. The summed E-state index contributed by atoms with van der Waals surface area (Å²) in [5.41, 5.74) is 2.54. The molecule has 0 spiro atoms. The van der Waals surface area contributed by atoms with Crippen LogP contribution in [0.15, 0.2) is 69.5 Å². The van der Waals surface area contributed by atoms with E-state index in [0.717, 1.165) is 26.6 Å². The number of H-pyrrole nitrogens is 1. The molecule has 31 heavy (non-hydrogen) atoms. The largest absolute Gasteiger partial charge is 0.361 e. The number of carbonyl (C=O) groups is 1. The van der Waals surface area contributed by atoms with Crippen molar-refractivity contribution >= 4 is 59.2 Å². The van der Waals surface area contributed by atoms with Gasteiger partial charge in [0.15, 0.2) is 5.13 Å². The third-order valence-electron chi connectivity index (χ3n) is 4.69. The Morgan fingerprint density at radius 2 is 1.94 bits per heavy atom. The molecule has 0 unspecified atom stereocenters. The van der Waals surface area contributed by atoms with Gasteiger partial charge >= 0.3 is 0 Å². The fraction of sp³-hybridized carbons (Fsp3) is 0.143. The molecular weight excluding hydrogens is 500 g/mol. The zero-order valence-electron chi connectivity index (χ0n) is 16.4. The van der Waals surface area contributed by atoms with Gasteiger partial charge in [0.2, 0.25) is 15.9 Å². The van der Waals surface area contributed by atoms with E-state index in [1.807, 2.05) is 36.6 Å². The van der Waals surface area contributed by atoms with Gasteiger partial charge in [-0.3, -0.25) is 4.79 Å². The molecule has 0 radical (unpaired) electrons. The third kappa shape index (κ3) is 5.04. The first-order valence-corrected chi connectivity index (χ1v) is 12.5. The number of aromatic nitrogens is 2. The highest BCUT2D eigenvalue weighted by Gasteiger charge is 2.27. The van der Waals surface area contributed by atoms with Gasteiger partial charge < -0.3 is 10.3 Å². The van der Waals surface area contributed by atoms with E-state index in [4.69, 9.17) is 0 Å². The number of para-hydroxylation sites is 1. The molecule has 2 aromatic heterocycles. The van der Waals surface area contributed by atoms with Crippen LogP contribution in [-0.4, -0.2) is 30.3 Å². The van der Waals surface area contributed by atoms with Crippen molar-refractivity contribution in [3.63, 3.8) is 0 Å². The van der Waals surface area contributed by atoms with E-state index in [0.29, 0.717) is 5.13 Å². The molecule has 1 amide bonds. The average Bonchev–Trinajstić information content (AvgIpc) is 3.33. The van der Waals surface area contributed by atoms with E-state index in [2.05, 4.69) is 35.9 Å². The molecule has 0 saturated carbocycles. The fourth-order valence-corrected chi connectivity index (χ4v) is 5.33. The minimum Gasteiger partial charge on any atom is -0.361 e. The van der Waals surface area contributed by atoms with Crippen LogP contribution in [0.2, 0.25) is 0 Å². The van der Waals surface area contributed by atoms with Gasteiger partial charge in [-0.25, -0.2) is 13.4 Å². The molecule has 160 valence electrons. The van der Waals surface area contributed by atoms with Crippen LogP contribution < -0.4 is 10.0 Å². The molecule has 4 rings (SSSR count). The Morgan fingerprint density at radius 3 is 2.65 bits per heavy atom. The quantitative estimate of drug-likeness (QED) is 0.340. The summed E-state index contributed by atoms with van der Waals surface area (Å²) in [4.78, 5) is 20.5. The van der Waals surface area contributed by atoms with Gasteiger partial charge in [-0.2, -0.15) is 4.72 Å². The summed E-state index contributed by atoms with van der Waals surface area (Å²) in [6.45, 7) is 1.83. The van der Waals surface area contributed by atoms with E-state index < -0.39 is 22.0 Å². The zero-order chi connectivity index (χ0) is 22.0. The standard InChI is InChI=1S/C21H19BrN4O3S2/c1-13-12-30-21(24-13)25-20(27)19(10-14-11-23-18-5-3-2-4-17(14)18)26-31(28,29)16-8-6-15(22)7-9-16/h2-9,11-12,19,23,26H,10H2,1H3,(H,24,25,27)/t19-/m0/s1. The number of aromatic amines is 1. The number of sulfonamides is 1. The molecule has 2 heterocycles. The predicted octanol–water partition coefficient (Wildman–Crippen LogP) is 4.22. The molecule has 0 bridgehead atoms. The van der Waals surface area contributed by atoms with Gasteiger partial charge in [-0.05, 0) is 49.2 Å². The lowest BCUT2D eigenvalue weighted by Crippen LogP contribution is -2.45. The van der Waals surface area contributed by atoms with Crippen LogP contribution in [0.25, 0.3) is 10.9 Å². The Hall–Kier alpha value is -2.53. The minimum absolute atomic E-state index is 0.0810. The van der Waals surface area contributed by atoms with Gasteiger partial charge in [0.05, 0.1) is 10.6 Å². The number of carbonyl (C=O) groups excluding carboxylic acids is 1. The smallest absolute Gasteiger partial charge is 0.244 e. The second-order valence-corrected chi connectivity index (χ2v) is 10.5. The fourth-order valence-electron chi connectivity index (χ4n) is 3.18. The van der Waals surface area contributed by atoms with E-state index >= 15 is 0 Å². The second-order valence-electron chi connectivity index (χ2n) is 6.97. The van der Waals surface area contributed by atoms with Gasteiger partial charge in [0.1, 0.15) is 6.04 Å². The lowest BCUT2D eigenvalue weighted by Gasteiger charge is -2.18. The molecular formula is C21H19BrN4O3S2. The molecule has 0 fully saturated rings. The van der Waals surface area contributed by atoms with Gasteiger partial charge in [0, 0.05) is 27.0 Å². The number of rotatable bonds is 7. The highest BCUT2D eigenvalue weighted by molar-refractivity contribution is 9.10. The van der Waals surface area contributed by atoms with Gasteiger partial charge in [-0.15, -0.1) is 11.3 Å².